The van der Waals surface area contributed by atoms with Gasteiger partial charge in [-0.05, 0) is 48.9 Å². The van der Waals surface area contributed by atoms with E-state index in [-0.39, 0.29) is 41.6 Å². The number of carbonyl (C=O) groups excluding carboxylic acids is 1. The molecule has 2 aromatic rings. The molecule has 1 amide bonds. The van der Waals surface area contributed by atoms with Crippen molar-refractivity contribution < 1.29 is 22.0 Å². The van der Waals surface area contributed by atoms with E-state index in [1.54, 1.807) is 24.0 Å². The van der Waals surface area contributed by atoms with Crippen LogP contribution in [0, 0.1) is 17.6 Å². The molecule has 0 radical (unpaired) electrons. The molecular formula is C22H24F2N2O3S. The molecule has 1 heterocycles. The fourth-order valence-electron chi connectivity index (χ4n) is 4.10. The minimum absolute atomic E-state index is 0.00174. The summed E-state index contributed by atoms with van der Waals surface area (Å²) in [4.78, 5) is 14.7. The molecule has 4 rings (SSSR count). The number of hydrogen-bond acceptors (Lipinski definition) is 3. The predicted molar refractivity (Wildman–Crippen MR) is 110 cm³/mol. The molecule has 0 spiro atoms. The van der Waals surface area contributed by atoms with Crippen molar-refractivity contribution in [1.29, 1.82) is 0 Å². The highest BCUT2D eigenvalue weighted by Crippen LogP contribution is 2.52. The Morgan fingerprint density at radius 3 is 2.47 bits per heavy atom. The van der Waals surface area contributed by atoms with Crippen LogP contribution in [0.5, 0.6) is 0 Å². The van der Waals surface area contributed by atoms with Crippen molar-refractivity contribution in [3.8, 4) is 11.1 Å². The van der Waals surface area contributed by atoms with E-state index in [1.165, 1.54) is 18.2 Å². The molecule has 2 fully saturated rings. The first-order valence-electron chi connectivity index (χ1n) is 10.1. The molecule has 160 valence electrons. The van der Waals surface area contributed by atoms with Crippen molar-refractivity contribution in [1.82, 2.24) is 9.62 Å². The summed E-state index contributed by atoms with van der Waals surface area (Å²) in [6, 6.07) is 10.7. The van der Waals surface area contributed by atoms with E-state index >= 15 is 0 Å². The van der Waals surface area contributed by atoms with Crippen molar-refractivity contribution in [3.63, 3.8) is 0 Å². The minimum Gasteiger partial charge on any atom is -0.338 e. The van der Waals surface area contributed by atoms with Gasteiger partial charge in [-0.15, -0.1) is 0 Å². The van der Waals surface area contributed by atoms with Gasteiger partial charge in [-0.2, -0.15) is 0 Å². The largest absolute Gasteiger partial charge is 0.338 e. The summed E-state index contributed by atoms with van der Waals surface area (Å²) in [6.45, 7) is 2.39. The number of nitrogens with zero attached hydrogens (tertiary/aromatic N) is 1. The van der Waals surface area contributed by atoms with Gasteiger partial charge < -0.3 is 4.90 Å². The lowest BCUT2D eigenvalue weighted by atomic mass is 9.94. The number of hydrogen-bond donors (Lipinski definition) is 1. The van der Waals surface area contributed by atoms with E-state index in [0.29, 0.717) is 18.5 Å². The molecule has 30 heavy (non-hydrogen) atoms. The van der Waals surface area contributed by atoms with Crippen LogP contribution in [0.1, 0.15) is 31.2 Å². The first kappa shape index (κ1) is 20.9. The van der Waals surface area contributed by atoms with E-state index in [4.69, 9.17) is 0 Å². The Morgan fingerprint density at radius 2 is 1.83 bits per heavy atom. The van der Waals surface area contributed by atoms with E-state index in [1.807, 2.05) is 12.1 Å². The highest BCUT2D eigenvalue weighted by Gasteiger charge is 2.49. The van der Waals surface area contributed by atoms with Gasteiger partial charge in [0.1, 0.15) is 11.6 Å². The molecule has 1 saturated heterocycles. The van der Waals surface area contributed by atoms with Crippen molar-refractivity contribution in [2.45, 2.75) is 31.7 Å². The minimum atomic E-state index is -3.30. The number of halogens is 2. The number of nitrogens with one attached hydrogen (secondary N) is 1. The summed E-state index contributed by atoms with van der Waals surface area (Å²) >= 11 is 0. The van der Waals surface area contributed by atoms with Crippen LogP contribution >= 0.6 is 0 Å². The number of carbonyl (C=O) groups is 1. The Morgan fingerprint density at radius 1 is 1.13 bits per heavy atom. The second kappa shape index (κ2) is 8.07. The Hall–Kier alpha value is -2.32. The number of benzene rings is 2. The lowest BCUT2D eigenvalue weighted by Gasteiger charge is -2.41. The SMILES string of the molecule is CCS(=O)(=O)NC[C@H]1CCN1C(=O)[C@@H]1C[C@H]1c1ccccc1-c1c(F)cccc1F. The van der Waals surface area contributed by atoms with Crippen LogP contribution in [0.4, 0.5) is 8.78 Å². The van der Waals surface area contributed by atoms with Gasteiger partial charge in [0, 0.05) is 25.0 Å². The van der Waals surface area contributed by atoms with E-state index < -0.39 is 21.7 Å². The molecule has 1 aliphatic carbocycles. The van der Waals surface area contributed by atoms with Crippen LogP contribution in [-0.4, -0.2) is 44.1 Å². The fourth-order valence-corrected chi connectivity index (χ4v) is 4.75. The lowest BCUT2D eigenvalue weighted by molar-refractivity contribution is -0.140. The molecule has 0 aromatic heterocycles. The average molecular weight is 435 g/mol. The zero-order valence-corrected chi connectivity index (χ0v) is 17.5. The van der Waals surface area contributed by atoms with Gasteiger partial charge >= 0.3 is 0 Å². The molecule has 0 unspecified atom stereocenters. The molecule has 1 aliphatic heterocycles. The van der Waals surface area contributed by atoms with Gasteiger partial charge in [0.2, 0.25) is 15.9 Å². The van der Waals surface area contributed by atoms with Gasteiger partial charge in [0.25, 0.3) is 0 Å². The normalized spacial score (nSPS) is 23.2. The quantitative estimate of drug-likeness (QED) is 0.727. The second-order valence-corrected chi connectivity index (χ2v) is 9.95. The Bertz CT molecular complexity index is 1050. The van der Waals surface area contributed by atoms with E-state index in [9.17, 15) is 22.0 Å². The van der Waals surface area contributed by atoms with Crippen LogP contribution in [0.3, 0.4) is 0 Å². The summed E-state index contributed by atoms with van der Waals surface area (Å²) in [5, 5.41) is 0. The van der Waals surface area contributed by atoms with Crippen molar-refractivity contribution in [2.24, 2.45) is 5.92 Å². The first-order valence-corrected chi connectivity index (χ1v) is 11.8. The van der Waals surface area contributed by atoms with Crippen LogP contribution < -0.4 is 4.72 Å². The summed E-state index contributed by atoms with van der Waals surface area (Å²) in [5.41, 5.74) is 1.18. The molecule has 1 saturated carbocycles. The molecule has 2 aromatic carbocycles. The second-order valence-electron chi connectivity index (χ2n) is 7.86. The summed E-state index contributed by atoms with van der Waals surface area (Å²) in [7, 11) is -3.30. The third kappa shape index (κ3) is 3.98. The van der Waals surface area contributed by atoms with E-state index in [0.717, 1.165) is 12.0 Å². The van der Waals surface area contributed by atoms with Crippen molar-refractivity contribution in [3.05, 3.63) is 59.7 Å². The molecule has 3 atom stereocenters. The highest BCUT2D eigenvalue weighted by molar-refractivity contribution is 7.89. The standard InChI is InChI=1S/C22H24F2N2O3S/c1-2-30(28,29)25-13-14-10-11-26(14)22(27)18-12-17(18)15-6-3-4-7-16(15)21-19(23)8-5-9-20(21)24/h3-9,14,17-18,25H,2,10-13H2,1H3/t14-,17+,18-/m1/s1. The number of sulfonamides is 1. The van der Waals surface area contributed by atoms with Gasteiger partial charge in [0.15, 0.2) is 0 Å². The number of rotatable bonds is 7. The molecule has 8 heteroatoms. The third-order valence-electron chi connectivity index (χ3n) is 6.05. The smallest absolute Gasteiger partial charge is 0.226 e. The molecule has 5 nitrogen and oxygen atoms in total. The van der Waals surface area contributed by atoms with Gasteiger partial charge in [-0.25, -0.2) is 21.9 Å². The van der Waals surface area contributed by atoms with Crippen molar-refractivity contribution in [2.75, 3.05) is 18.8 Å². The third-order valence-corrected chi connectivity index (χ3v) is 7.41. The molecule has 2 aliphatic rings. The van der Waals surface area contributed by atoms with Crippen LogP contribution in [0.2, 0.25) is 0 Å². The average Bonchev–Trinajstić information content (AvgIpc) is 3.48. The predicted octanol–water partition coefficient (Wildman–Crippen LogP) is 3.28. The lowest BCUT2D eigenvalue weighted by Crippen LogP contribution is -2.56. The van der Waals surface area contributed by atoms with Gasteiger partial charge in [-0.1, -0.05) is 30.3 Å². The summed E-state index contributed by atoms with van der Waals surface area (Å²) in [5.74, 6) is -1.61. The van der Waals surface area contributed by atoms with Crippen LogP contribution in [0.15, 0.2) is 42.5 Å². The fraction of sp³-hybridized carbons (Fsp3) is 0.409. The maximum absolute atomic E-state index is 14.3. The van der Waals surface area contributed by atoms with Gasteiger partial charge in [0.05, 0.1) is 11.3 Å². The summed E-state index contributed by atoms with van der Waals surface area (Å²) in [6.07, 6.45) is 1.38. The Kier molecular flexibility index (Phi) is 5.63. The van der Waals surface area contributed by atoms with Gasteiger partial charge in [-0.3, -0.25) is 4.79 Å². The first-order chi connectivity index (χ1) is 14.3. The number of amides is 1. The highest BCUT2D eigenvalue weighted by atomic mass is 32.2. The molecular weight excluding hydrogens is 410 g/mol. The topological polar surface area (TPSA) is 66.5 Å². The summed E-state index contributed by atoms with van der Waals surface area (Å²) < 4.78 is 54.5. The Balaban J connectivity index is 1.49. The number of likely N-dealkylation sites (tertiary alicyclic amines) is 1. The maximum atomic E-state index is 14.3. The zero-order valence-electron chi connectivity index (χ0n) is 16.6. The maximum Gasteiger partial charge on any atom is 0.226 e. The van der Waals surface area contributed by atoms with E-state index in [2.05, 4.69) is 4.72 Å². The van der Waals surface area contributed by atoms with Crippen LogP contribution in [-0.2, 0) is 14.8 Å². The van der Waals surface area contributed by atoms with Crippen molar-refractivity contribution >= 4 is 15.9 Å². The molecule has 0 bridgehead atoms. The zero-order chi connectivity index (χ0) is 21.5. The molecule has 1 N–H and O–H groups in total. The monoisotopic (exact) mass is 434 g/mol. The van der Waals surface area contributed by atoms with Crippen LogP contribution in [0.25, 0.3) is 11.1 Å². The Labute approximate surface area is 175 Å².